The molecule has 134 valence electrons. The highest BCUT2D eigenvalue weighted by Gasteiger charge is 2.27. The summed E-state index contributed by atoms with van der Waals surface area (Å²) in [6, 6.07) is 4.67. The maximum atomic E-state index is 13.9. The fourth-order valence-electron chi connectivity index (χ4n) is 3.48. The first kappa shape index (κ1) is 17.6. The van der Waals surface area contributed by atoms with Crippen molar-refractivity contribution in [1.82, 2.24) is 14.6 Å². The number of likely N-dealkylation sites (N-methyl/N-ethyl adjacent to an activating group) is 1. The standard InChI is InChI=1S/C19H24FN3O2/c1-6-14-17(11(2)25-21-14)19-18(16(24)10-22(3)4)13-9-12(20)7-8-15(13)23(19)5/h7-9,16,24H,6,10H2,1-5H3. The fourth-order valence-corrected chi connectivity index (χ4v) is 3.48. The Balaban J connectivity index is 2.37. The lowest BCUT2D eigenvalue weighted by atomic mass is 9.98. The lowest BCUT2D eigenvalue weighted by molar-refractivity contribution is 0.140. The van der Waals surface area contributed by atoms with Crippen LogP contribution in [0.15, 0.2) is 22.7 Å². The van der Waals surface area contributed by atoms with Gasteiger partial charge >= 0.3 is 0 Å². The van der Waals surface area contributed by atoms with Crippen LogP contribution < -0.4 is 0 Å². The van der Waals surface area contributed by atoms with Crippen molar-refractivity contribution in [2.45, 2.75) is 26.4 Å². The third kappa shape index (κ3) is 2.96. The minimum absolute atomic E-state index is 0.319. The molecule has 1 aromatic carbocycles. The molecule has 1 unspecified atom stereocenters. The number of aliphatic hydroxyl groups excluding tert-OH is 1. The third-order valence-electron chi connectivity index (χ3n) is 4.58. The van der Waals surface area contributed by atoms with Gasteiger partial charge in [0.25, 0.3) is 0 Å². The van der Waals surface area contributed by atoms with Gasteiger partial charge in [-0.2, -0.15) is 0 Å². The number of aromatic nitrogens is 2. The molecule has 0 spiro atoms. The van der Waals surface area contributed by atoms with Crippen molar-refractivity contribution in [3.63, 3.8) is 0 Å². The van der Waals surface area contributed by atoms with Gasteiger partial charge in [0.15, 0.2) is 0 Å². The monoisotopic (exact) mass is 345 g/mol. The van der Waals surface area contributed by atoms with Crippen LogP contribution in [0.4, 0.5) is 4.39 Å². The molecule has 2 heterocycles. The predicted octanol–water partition coefficient (Wildman–Crippen LogP) is 3.44. The van der Waals surface area contributed by atoms with Crippen LogP contribution in [-0.2, 0) is 13.5 Å². The molecule has 0 radical (unpaired) electrons. The van der Waals surface area contributed by atoms with Crippen molar-refractivity contribution in [2.24, 2.45) is 7.05 Å². The fraction of sp³-hybridized carbons (Fsp3) is 0.421. The topological polar surface area (TPSA) is 54.4 Å². The molecule has 3 aromatic rings. The summed E-state index contributed by atoms with van der Waals surface area (Å²) >= 11 is 0. The van der Waals surface area contributed by atoms with E-state index in [1.165, 1.54) is 12.1 Å². The van der Waals surface area contributed by atoms with Gasteiger partial charge in [-0.15, -0.1) is 0 Å². The summed E-state index contributed by atoms with van der Waals surface area (Å²) in [5, 5.41) is 15.8. The Labute approximate surface area is 146 Å². The number of benzene rings is 1. The quantitative estimate of drug-likeness (QED) is 0.770. The first-order chi connectivity index (χ1) is 11.8. The van der Waals surface area contributed by atoms with Crippen molar-refractivity contribution >= 4 is 10.9 Å². The Kier molecular flexibility index (Phi) is 4.67. The number of rotatable bonds is 5. The first-order valence-corrected chi connectivity index (χ1v) is 8.41. The minimum atomic E-state index is -0.755. The molecule has 0 aliphatic rings. The average Bonchev–Trinajstić information content (AvgIpc) is 3.03. The number of hydrogen-bond acceptors (Lipinski definition) is 4. The second-order valence-corrected chi connectivity index (χ2v) is 6.67. The van der Waals surface area contributed by atoms with Crippen molar-refractivity contribution in [1.29, 1.82) is 0 Å². The van der Waals surface area contributed by atoms with E-state index in [1.54, 1.807) is 6.07 Å². The Hall–Kier alpha value is -2.18. The van der Waals surface area contributed by atoms with Gasteiger partial charge in [-0.05, 0) is 45.6 Å². The van der Waals surface area contributed by atoms with E-state index < -0.39 is 6.10 Å². The summed E-state index contributed by atoms with van der Waals surface area (Å²) in [4.78, 5) is 1.91. The molecule has 1 N–H and O–H groups in total. The highest BCUT2D eigenvalue weighted by Crippen LogP contribution is 2.40. The summed E-state index contributed by atoms with van der Waals surface area (Å²) in [5.41, 5.74) is 4.14. The lowest BCUT2D eigenvalue weighted by Gasteiger charge is -2.18. The largest absolute Gasteiger partial charge is 0.387 e. The number of halogens is 1. The maximum absolute atomic E-state index is 13.9. The summed E-state index contributed by atoms with van der Waals surface area (Å²) in [6.07, 6.45) is -0.0410. The van der Waals surface area contributed by atoms with Crippen molar-refractivity contribution in [3.8, 4) is 11.3 Å². The van der Waals surface area contributed by atoms with Crippen LogP contribution in [0.25, 0.3) is 22.2 Å². The van der Waals surface area contributed by atoms with Crippen LogP contribution in [0.3, 0.4) is 0 Å². The van der Waals surface area contributed by atoms with Crippen molar-refractivity contribution in [2.75, 3.05) is 20.6 Å². The zero-order valence-corrected chi connectivity index (χ0v) is 15.3. The van der Waals surface area contributed by atoms with Gasteiger partial charge < -0.3 is 19.1 Å². The van der Waals surface area contributed by atoms with E-state index in [9.17, 15) is 9.50 Å². The summed E-state index contributed by atoms with van der Waals surface area (Å²) in [5.74, 6) is 0.377. The Morgan fingerprint density at radius 1 is 1.36 bits per heavy atom. The Morgan fingerprint density at radius 3 is 2.72 bits per heavy atom. The second kappa shape index (κ2) is 6.61. The Morgan fingerprint density at radius 2 is 2.08 bits per heavy atom. The van der Waals surface area contributed by atoms with E-state index in [0.717, 1.165) is 27.9 Å². The van der Waals surface area contributed by atoms with E-state index in [2.05, 4.69) is 5.16 Å². The molecule has 1 atom stereocenters. The molecular weight excluding hydrogens is 321 g/mol. The Bertz CT molecular complexity index is 911. The summed E-state index contributed by atoms with van der Waals surface area (Å²) in [6.45, 7) is 4.31. The summed E-state index contributed by atoms with van der Waals surface area (Å²) in [7, 11) is 5.72. The first-order valence-electron chi connectivity index (χ1n) is 8.41. The summed E-state index contributed by atoms with van der Waals surface area (Å²) < 4.78 is 21.3. The van der Waals surface area contributed by atoms with E-state index in [1.807, 2.05) is 44.5 Å². The van der Waals surface area contributed by atoms with Crippen molar-refractivity contribution in [3.05, 3.63) is 41.0 Å². The number of aryl methyl sites for hydroxylation is 3. The zero-order valence-electron chi connectivity index (χ0n) is 15.3. The predicted molar refractivity (Wildman–Crippen MR) is 96.0 cm³/mol. The lowest BCUT2D eigenvalue weighted by Crippen LogP contribution is -2.20. The molecule has 0 saturated heterocycles. The van der Waals surface area contributed by atoms with Crippen LogP contribution in [-0.4, -0.2) is 40.4 Å². The number of fused-ring (bicyclic) bond motifs is 1. The van der Waals surface area contributed by atoms with Gasteiger partial charge in [0.1, 0.15) is 11.6 Å². The average molecular weight is 345 g/mol. The maximum Gasteiger partial charge on any atom is 0.143 e. The second-order valence-electron chi connectivity index (χ2n) is 6.67. The highest BCUT2D eigenvalue weighted by atomic mass is 19.1. The molecule has 0 amide bonds. The van der Waals surface area contributed by atoms with Crippen molar-refractivity contribution < 1.29 is 14.0 Å². The van der Waals surface area contributed by atoms with Crippen LogP contribution in [0, 0.1) is 12.7 Å². The SMILES string of the molecule is CCc1noc(C)c1-c1c(C(O)CN(C)C)c2cc(F)ccc2n1C. The molecule has 6 heteroatoms. The molecular formula is C19H24FN3O2. The van der Waals surface area contributed by atoms with Crippen LogP contribution in [0.2, 0.25) is 0 Å². The normalized spacial score (nSPS) is 13.1. The van der Waals surface area contributed by atoms with Gasteiger partial charge in [0, 0.05) is 30.1 Å². The van der Waals surface area contributed by atoms with Crippen LogP contribution in [0.1, 0.15) is 30.0 Å². The molecule has 0 aliphatic heterocycles. The molecule has 25 heavy (non-hydrogen) atoms. The molecule has 0 aliphatic carbocycles. The smallest absolute Gasteiger partial charge is 0.143 e. The molecule has 0 bridgehead atoms. The van der Waals surface area contributed by atoms with Gasteiger partial charge in [0.2, 0.25) is 0 Å². The van der Waals surface area contributed by atoms with Gasteiger partial charge in [-0.3, -0.25) is 0 Å². The van der Waals surface area contributed by atoms with E-state index in [-0.39, 0.29) is 5.82 Å². The number of aliphatic hydroxyl groups is 1. The van der Waals surface area contributed by atoms with E-state index >= 15 is 0 Å². The van der Waals surface area contributed by atoms with E-state index in [0.29, 0.717) is 24.3 Å². The van der Waals surface area contributed by atoms with Gasteiger partial charge in [-0.1, -0.05) is 12.1 Å². The molecule has 2 aromatic heterocycles. The molecule has 0 fully saturated rings. The zero-order chi connectivity index (χ0) is 18.3. The highest BCUT2D eigenvalue weighted by molar-refractivity contribution is 5.93. The molecule has 3 rings (SSSR count). The van der Waals surface area contributed by atoms with Gasteiger partial charge in [0.05, 0.1) is 23.1 Å². The minimum Gasteiger partial charge on any atom is -0.387 e. The number of nitrogens with zero attached hydrogens (tertiary/aromatic N) is 3. The third-order valence-corrected chi connectivity index (χ3v) is 4.58. The van der Waals surface area contributed by atoms with E-state index in [4.69, 9.17) is 4.52 Å². The van der Waals surface area contributed by atoms with Gasteiger partial charge in [-0.25, -0.2) is 4.39 Å². The molecule has 0 saturated carbocycles. The number of hydrogen-bond donors (Lipinski definition) is 1. The van der Waals surface area contributed by atoms with Crippen LogP contribution in [0.5, 0.6) is 0 Å². The molecule has 5 nitrogen and oxygen atoms in total. The van der Waals surface area contributed by atoms with Crippen LogP contribution >= 0.6 is 0 Å².